The van der Waals surface area contributed by atoms with E-state index in [4.69, 9.17) is 18.9 Å². The molecule has 2 aliphatic rings. The highest BCUT2D eigenvalue weighted by molar-refractivity contribution is 4.75. The first-order chi connectivity index (χ1) is 7.20. The Morgan fingerprint density at radius 3 is 2.93 bits per heavy atom. The molecule has 2 atom stereocenters. The Hall–Kier alpha value is -0.160. The van der Waals surface area contributed by atoms with Crippen LogP contribution in [0, 0.1) is 5.92 Å². The second kappa shape index (κ2) is 4.78. The van der Waals surface area contributed by atoms with Crippen molar-refractivity contribution in [1.29, 1.82) is 0 Å². The van der Waals surface area contributed by atoms with Gasteiger partial charge in [0.1, 0.15) is 6.10 Å². The summed E-state index contributed by atoms with van der Waals surface area (Å²) in [6, 6.07) is 0. The van der Waals surface area contributed by atoms with Gasteiger partial charge in [0, 0.05) is 13.0 Å². The van der Waals surface area contributed by atoms with Crippen LogP contribution >= 0.6 is 0 Å². The molecule has 15 heavy (non-hydrogen) atoms. The fourth-order valence-corrected chi connectivity index (χ4v) is 1.85. The van der Waals surface area contributed by atoms with E-state index < -0.39 is 5.97 Å². The molecule has 0 aromatic heterocycles. The third-order valence-electron chi connectivity index (χ3n) is 2.54. The van der Waals surface area contributed by atoms with Crippen LogP contribution in [0.1, 0.15) is 26.7 Å². The standard InChI is InChI=1S/C11H20O4/c1-9(2)6-12-7-10-8-14-11(15-10)4-3-5-13-11/h9-10H,3-8H2,1-2H3. The van der Waals surface area contributed by atoms with Gasteiger partial charge >= 0.3 is 0 Å². The zero-order valence-electron chi connectivity index (χ0n) is 9.53. The SMILES string of the molecule is CC(C)COCC1COC2(CCCO2)O1. The van der Waals surface area contributed by atoms with Crippen LogP contribution in [-0.4, -0.2) is 38.5 Å². The highest BCUT2D eigenvalue weighted by atomic mass is 16.9. The Morgan fingerprint density at radius 2 is 2.27 bits per heavy atom. The van der Waals surface area contributed by atoms with Crippen molar-refractivity contribution in [3.8, 4) is 0 Å². The number of ether oxygens (including phenoxy) is 4. The van der Waals surface area contributed by atoms with Crippen molar-refractivity contribution in [1.82, 2.24) is 0 Å². The first kappa shape index (κ1) is 11.3. The van der Waals surface area contributed by atoms with Crippen LogP contribution in [0.3, 0.4) is 0 Å². The molecule has 0 radical (unpaired) electrons. The molecule has 4 nitrogen and oxygen atoms in total. The normalized spacial score (nSPS) is 35.8. The minimum absolute atomic E-state index is 0.0295. The molecule has 2 heterocycles. The lowest BCUT2D eigenvalue weighted by Crippen LogP contribution is -2.30. The number of rotatable bonds is 4. The first-order valence-electron chi connectivity index (χ1n) is 5.74. The van der Waals surface area contributed by atoms with Crippen molar-refractivity contribution in [2.45, 2.75) is 38.8 Å². The zero-order chi connectivity index (χ0) is 10.7. The molecule has 1 spiro atoms. The van der Waals surface area contributed by atoms with Crippen LogP contribution in [0.4, 0.5) is 0 Å². The van der Waals surface area contributed by atoms with E-state index in [1.807, 2.05) is 0 Å². The summed E-state index contributed by atoms with van der Waals surface area (Å²) in [4.78, 5) is 0. The molecule has 0 aromatic rings. The molecular weight excluding hydrogens is 196 g/mol. The summed E-state index contributed by atoms with van der Waals surface area (Å²) in [5, 5.41) is 0. The van der Waals surface area contributed by atoms with E-state index in [0.29, 0.717) is 19.1 Å². The molecule has 2 unspecified atom stereocenters. The quantitative estimate of drug-likeness (QED) is 0.714. The van der Waals surface area contributed by atoms with Gasteiger partial charge in [-0.25, -0.2) is 0 Å². The molecule has 88 valence electrons. The van der Waals surface area contributed by atoms with E-state index in [2.05, 4.69) is 13.8 Å². The van der Waals surface area contributed by atoms with Gasteiger partial charge in [-0.2, -0.15) is 0 Å². The molecule has 2 fully saturated rings. The topological polar surface area (TPSA) is 36.9 Å². The maximum Gasteiger partial charge on any atom is 0.283 e. The Labute approximate surface area is 90.8 Å². The van der Waals surface area contributed by atoms with Crippen molar-refractivity contribution in [2.75, 3.05) is 26.4 Å². The van der Waals surface area contributed by atoms with Gasteiger partial charge in [0.05, 0.1) is 19.8 Å². The maximum absolute atomic E-state index is 5.72. The molecule has 0 aliphatic carbocycles. The minimum atomic E-state index is -0.730. The zero-order valence-corrected chi connectivity index (χ0v) is 9.53. The lowest BCUT2D eigenvalue weighted by Gasteiger charge is -2.20. The van der Waals surface area contributed by atoms with Gasteiger partial charge < -0.3 is 18.9 Å². The summed E-state index contributed by atoms with van der Waals surface area (Å²) in [6.07, 6.45) is 1.88. The predicted molar refractivity (Wildman–Crippen MR) is 54.4 cm³/mol. The van der Waals surface area contributed by atoms with Crippen molar-refractivity contribution in [2.24, 2.45) is 5.92 Å². The molecule has 2 rings (SSSR count). The average Bonchev–Trinajstić information content (AvgIpc) is 2.78. The Kier molecular flexibility index (Phi) is 3.61. The fourth-order valence-electron chi connectivity index (χ4n) is 1.85. The lowest BCUT2D eigenvalue weighted by atomic mass is 10.2. The number of hydrogen-bond donors (Lipinski definition) is 0. The summed E-state index contributed by atoms with van der Waals surface area (Å²) in [7, 11) is 0. The molecule has 0 saturated carbocycles. The Bertz CT molecular complexity index is 199. The van der Waals surface area contributed by atoms with Gasteiger partial charge in [0.15, 0.2) is 0 Å². The summed E-state index contributed by atoms with van der Waals surface area (Å²) in [5.74, 6) is -0.171. The van der Waals surface area contributed by atoms with Crippen LogP contribution in [0.5, 0.6) is 0 Å². The third-order valence-corrected chi connectivity index (χ3v) is 2.54. The second-order valence-corrected chi connectivity index (χ2v) is 4.62. The molecule has 0 bridgehead atoms. The smallest absolute Gasteiger partial charge is 0.283 e. The van der Waals surface area contributed by atoms with Gasteiger partial charge in [-0.05, 0) is 12.3 Å². The van der Waals surface area contributed by atoms with Gasteiger partial charge in [-0.15, -0.1) is 0 Å². The van der Waals surface area contributed by atoms with E-state index >= 15 is 0 Å². The Morgan fingerprint density at radius 1 is 1.40 bits per heavy atom. The van der Waals surface area contributed by atoms with Crippen molar-refractivity contribution < 1.29 is 18.9 Å². The fraction of sp³-hybridized carbons (Fsp3) is 1.00. The van der Waals surface area contributed by atoms with E-state index in [1.54, 1.807) is 0 Å². The molecule has 2 saturated heterocycles. The van der Waals surface area contributed by atoms with Crippen LogP contribution in [0.2, 0.25) is 0 Å². The van der Waals surface area contributed by atoms with E-state index in [-0.39, 0.29) is 6.10 Å². The molecule has 4 heteroatoms. The summed E-state index contributed by atoms with van der Waals surface area (Å²) in [5.41, 5.74) is 0. The second-order valence-electron chi connectivity index (χ2n) is 4.62. The van der Waals surface area contributed by atoms with Crippen LogP contribution in [0.15, 0.2) is 0 Å². The van der Waals surface area contributed by atoms with Crippen molar-refractivity contribution in [3.05, 3.63) is 0 Å². The van der Waals surface area contributed by atoms with Crippen molar-refractivity contribution in [3.63, 3.8) is 0 Å². The highest BCUT2D eigenvalue weighted by Gasteiger charge is 2.45. The monoisotopic (exact) mass is 216 g/mol. The summed E-state index contributed by atoms with van der Waals surface area (Å²) in [6.45, 7) is 6.95. The molecular formula is C11H20O4. The molecule has 0 N–H and O–H groups in total. The summed E-state index contributed by atoms with van der Waals surface area (Å²) >= 11 is 0. The molecule has 2 aliphatic heterocycles. The highest BCUT2D eigenvalue weighted by Crippen LogP contribution is 2.34. The van der Waals surface area contributed by atoms with E-state index in [9.17, 15) is 0 Å². The van der Waals surface area contributed by atoms with Gasteiger partial charge in [0.2, 0.25) is 0 Å². The molecule has 0 aromatic carbocycles. The number of hydrogen-bond acceptors (Lipinski definition) is 4. The van der Waals surface area contributed by atoms with Gasteiger partial charge in [0.25, 0.3) is 5.97 Å². The van der Waals surface area contributed by atoms with Crippen molar-refractivity contribution >= 4 is 0 Å². The van der Waals surface area contributed by atoms with Gasteiger partial charge in [-0.1, -0.05) is 13.8 Å². The van der Waals surface area contributed by atoms with Crippen LogP contribution < -0.4 is 0 Å². The Balaban J connectivity index is 1.68. The third kappa shape index (κ3) is 2.91. The van der Waals surface area contributed by atoms with E-state index in [0.717, 1.165) is 26.1 Å². The van der Waals surface area contributed by atoms with Gasteiger partial charge in [-0.3, -0.25) is 0 Å². The minimum Gasteiger partial charge on any atom is -0.378 e. The maximum atomic E-state index is 5.72. The van der Waals surface area contributed by atoms with Crippen LogP contribution in [-0.2, 0) is 18.9 Å². The summed E-state index contributed by atoms with van der Waals surface area (Å²) < 4.78 is 22.2. The predicted octanol–water partition coefficient (Wildman–Crippen LogP) is 1.54. The lowest BCUT2D eigenvalue weighted by molar-refractivity contribution is -0.315. The molecule has 0 amide bonds. The van der Waals surface area contributed by atoms with Crippen LogP contribution in [0.25, 0.3) is 0 Å². The first-order valence-corrected chi connectivity index (χ1v) is 5.74. The average molecular weight is 216 g/mol. The largest absolute Gasteiger partial charge is 0.378 e. The van der Waals surface area contributed by atoms with E-state index in [1.165, 1.54) is 0 Å².